The molecule has 0 bridgehead atoms. The summed E-state index contributed by atoms with van der Waals surface area (Å²) in [5.74, 6) is 0. The maximum atomic E-state index is 9.32. The molecule has 0 rings (SSSR count). The number of aliphatic hydroxyl groups excluding tert-OH is 1. The smallest absolute Gasteiger partial charge is 0.0910 e. The number of hydrogen-bond acceptors (Lipinski definition) is 1. The van der Waals surface area contributed by atoms with Gasteiger partial charge in [0.15, 0.2) is 0 Å². The van der Waals surface area contributed by atoms with Crippen molar-refractivity contribution in [3.63, 3.8) is 0 Å². The van der Waals surface area contributed by atoms with E-state index in [0.29, 0.717) is 0 Å². The molecule has 0 radical (unpaired) electrons. The van der Waals surface area contributed by atoms with Gasteiger partial charge in [0.1, 0.15) is 0 Å². The molecular formula is C10H16O. The van der Waals surface area contributed by atoms with Gasteiger partial charge >= 0.3 is 0 Å². The maximum absolute atomic E-state index is 9.32. The summed E-state index contributed by atoms with van der Waals surface area (Å²) in [6, 6.07) is 0. The highest BCUT2D eigenvalue weighted by atomic mass is 16.3. The zero-order chi connectivity index (χ0) is 8.85. The van der Waals surface area contributed by atoms with Crippen LogP contribution >= 0.6 is 0 Å². The molecule has 11 heavy (non-hydrogen) atoms. The Morgan fingerprint density at radius 3 is 2.18 bits per heavy atom. The normalized spacial score (nSPS) is 14.0. The molecular weight excluding hydrogens is 136 g/mol. The first kappa shape index (κ1) is 10.2. The first-order valence-corrected chi connectivity index (χ1v) is 3.70. The molecule has 0 aromatic rings. The number of rotatable bonds is 3. The van der Waals surface area contributed by atoms with Crippen LogP contribution in [0.1, 0.15) is 20.8 Å². The fraction of sp³-hybridized carbons (Fsp3) is 0.400. The van der Waals surface area contributed by atoms with E-state index in [0.717, 1.165) is 11.1 Å². The van der Waals surface area contributed by atoms with Crippen LogP contribution in [0, 0.1) is 0 Å². The van der Waals surface area contributed by atoms with Gasteiger partial charge in [0, 0.05) is 0 Å². The van der Waals surface area contributed by atoms with Gasteiger partial charge < -0.3 is 5.11 Å². The molecule has 1 nitrogen and oxygen atoms in total. The van der Waals surface area contributed by atoms with Gasteiger partial charge in [-0.05, 0) is 26.8 Å². The third kappa shape index (κ3) is 5.62. The molecule has 1 heteroatoms. The Morgan fingerprint density at radius 1 is 1.27 bits per heavy atom. The number of aliphatic hydroxyl groups is 1. The first-order valence-electron chi connectivity index (χ1n) is 3.70. The Labute approximate surface area is 68.7 Å². The Bertz CT molecular complexity index is 183. The zero-order valence-electron chi connectivity index (χ0n) is 7.46. The third-order valence-corrected chi connectivity index (χ3v) is 1.26. The summed E-state index contributed by atoms with van der Waals surface area (Å²) in [7, 11) is 0. The first-order chi connectivity index (χ1) is 5.06. The molecule has 0 aliphatic rings. The maximum Gasteiger partial charge on any atom is 0.0910 e. The average molecular weight is 152 g/mol. The molecule has 0 aliphatic heterocycles. The summed E-state index contributed by atoms with van der Waals surface area (Å²) >= 11 is 0. The highest BCUT2D eigenvalue weighted by molar-refractivity contribution is 5.18. The lowest BCUT2D eigenvalue weighted by atomic mass is 10.2. The Hall–Kier alpha value is -0.820. The predicted octanol–water partition coefficient (Wildman–Crippen LogP) is 2.45. The fourth-order valence-corrected chi connectivity index (χ4v) is 0.727. The number of hydrogen-bond donors (Lipinski definition) is 1. The standard InChI is InChI=1S/C10H16O/c1-5-9(4)7-10(11)6-8(2)3/h5-7,10-11H,1H2,2-4H3. The van der Waals surface area contributed by atoms with Crippen molar-refractivity contribution in [1.82, 2.24) is 0 Å². The number of allylic oxidation sites excluding steroid dienone is 3. The molecule has 1 N–H and O–H groups in total. The summed E-state index contributed by atoms with van der Waals surface area (Å²) in [6.07, 6.45) is 4.81. The lowest BCUT2D eigenvalue weighted by Gasteiger charge is -1.99. The molecule has 0 saturated carbocycles. The summed E-state index contributed by atoms with van der Waals surface area (Å²) in [4.78, 5) is 0. The van der Waals surface area contributed by atoms with Crippen molar-refractivity contribution in [2.45, 2.75) is 26.9 Å². The Kier molecular flexibility index (Phi) is 4.55. The van der Waals surface area contributed by atoms with E-state index in [4.69, 9.17) is 0 Å². The van der Waals surface area contributed by atoms with Crippen molar-refractivity contribution in [1.29, 1.82) is 0 Å². The van der Waals surface area contributed by atoms with Crippen LogP contribution in [-0.2, 0) is 0 Å². The topological polar surface area (TPSA) is 20.2 Å². The summed E-state index contributed by atoms with van der Waals surface area (Å²) in [5.41, 5.74) is 2.11. The van der Waals surface area contributed by atoms with Gasteiger partial charge in [-0.15, -0.1) is 0 Å². The van der Waals surface area contributed by atoms with Crippen LogP contribution in [-0.4, -0.2) is 11.2 Å². The fourth-order valence-electron chi connectivity index (χ4n) is 0.727. The predicted molar refractivity (Wildman–Crippen MR) is 49.4 cm³/mol. The van der Waals surface area contributed by atoms with Crippen LogP contribution < -0.4 is 0 Å². The van der Waals surface area contributed by atoms with Gasteiger partial charge in [-0.1, -0.05) is 29.9 Å². The van der Waals surface area contributed by atoms with Crippen LogP contribution in [0.25, 0.3) is 0 Å². The highest BCUT2D eigenvalue weighted by Gasteiger charge is 1.93. The molecule has 0 fully saturated rings. The molecule has 0 spiro atoms. The van der Waals surface area contributed by atoms with Crippen LogP contribution in [0.5, 0.6) is 0 Å². The van der Waals surface area contributed by atoms with Crippen LogP contribution in [0.4, 0.5) is 0 Å². The lowest BCUT2D eigenvalue weighted by Crippen LogP contribution is -1.97. The van der Waals surface area contributed by atoms with Crippen molar-refractivity contribution in [3.05, 3.63) is 36.0 Å². The van der Waals surface area contributed by atoms with Gasteiger partial charge in [-0.2, -0.15) is 0 Å². The molecule has 0 amide bonds. The summed E-state index contributed by atoms with van der Waals surface area (Å²) in [6.45, 7) is 9.42. The molecule has 0 saturated heterocycles. The van der Waals surface area contributed by atoms with Crippen LogP contribution in [0.3, 0.4) is 0 Å². The SMILES string of the molecule is C=CC(C)=CC(O)C=C(C)C. The van der Waals surface area contributed by atoms with E-state index in [1.165, 1.54) is 0 Å². The van der Waals surface area contributed by atoms with Crippen molar-refractivity contribution < 1.29 is 5.11 Å². The molecule has 1 unspecified atom stereocenters. The second-order valence-corrected chi connectivity index (χ2v) is 2.85. The quantitative estimate of drug-likeness (QED) is 0.486. The van der Waals surface area contributed by atoms with Crippen molar-refractivity contribution >= 4 is 0 Å². The molecule has 0 aromatic carbocycles. The molecule has 0 aromatic heterocycles. The van der Waals surface area contributed by atoms with Crippen molar-refractivity contribution in [2.75, 3.05) is 0 Å². The van der Waals surface area contributed by atoms with Crippen molar-refractivity contribution in [3.8, 4) is 0 Å². The molecule has 62 valence electrons. The average Bonchev–Trinajstić information content (AvgIpc) is 1.85. The second-order valence-electron chi connectivity index (χ2n) is 2.85. The molecule has 0 aliphatic carbocycles. The van der Waals surface area contributed by atoms with E-state index in [-0.39, 0.29) is 0 Å². The van der Waals surface area contributed by atoms with E-state index in [1.54, 1.807) is 18.2 Å². The van der Waals surface area contributed by atoms with Crippen molar-refractivity contribution in [2.24, 2.45) is 0 Å². The second kappa shape index (κ2) is 4.91. The van der Waals surface area contributed by atoms with Crippen LogP contribution in [0.15, 0.2) is 36.0 Å². The summed E-state index contributed by atoms with van der Waals surface area (Å²) < 4.78 is 0. The van der Waals surface area contributed by atoms with Gasteiger partial charge in [0.25, 0.3) is 0 Å². The molecule has 1 atom stereocenters. The minimum absolute atomic E-state index is 0.474. The summed E-state index contributed by atoms with van der Waals surface area (Å²) in [5, 5.41) is 9.32. The lowest BCUT2D eigenvalue weighted by molar-refractivity contribution is 0.270. The monoisotopic (exact) mass is 152 g/mol. The highest BCUT2D eigenvalue weighted by Crippen LogP contribution is 2.00. The van der Waals surface area contributed by atoms with Gasteiger partial charge in [0.05, 0.1) is 6.10 Å². The van der Waals surface area contributed by atoms with Gasteiger partial charge in [-0.3, -0.25) is 0 Å². The van der Waals surface area contributed by atoms with E-state index in [2.05, 4.69) is 6.58 Å². The minimum Gasteiger partial charge on any atom is -0.385 e. The van der Waals surface area contributed by atoms with Gasteiger partial charge in [0.2, 0.25) is 0 Å². The Morgan fingerprint density at radius 2 is 1.82 bits per heavy atom. The molecule has 0 heterocycles. The minimum atomic E-state index is -0.474. The third-order valence-electron chi connectivity index (χ3n) is 1.26. The zero-order valence-corrected chi connectivity index (χ0v) is 7.46. The van der Waals surface area contributed by atoms with E-state index in [9.17, 15) is 5.11 Å². The van der Waals surface area contributed by atoms with E-state index >= 15 is 0 Å². The largest absolute Gasteiger partial charge is 0.385 e. The van der Waals surface area contributed by atoms with Crippen LogP contribution in [0.2, 0.25) is 0 Å². The van der Waals surface area contributed by atoms with E-state index in [1.807, 2.05) is 20.8 Å². The van der Waals surface area contributed by atoms with E-state index < -0.39 is 6.10 Å². The Balaban J connectivity index is 4.17. The van der Waals surface area contributed by atoms with Gasteiger partial charge in [-0.25, -0.2) is 0 Å².